The Bertz CT molecular complexity index is 973. The number of para-hydroxylation sites is 1. The Morgan fingerprint density at radius 3 is 2.54 bits per heavy atom. The standard InChI is InChI=1S/C22H23N3O/c1-14(2)18-10-8-17(9-11-18)13-23-25-22(26)20-12-19-7-5-6-15(3)21(19)24-16(20)4/h5-14H,1-4H3,(H,25,26)/b23-13-. The van der Waals surface area contributed by atoms with Gasteiger partial charge >= 0.3 is 0 Å². The van der Waals surface area contributed by atoms with Gasteiger partial charge in [0.15, 0.2) is 0 Å². The maximum Gasteiger partial charge on any atom is 0.273 e. The molecule has 4 nitrogen and oxygen atoms in total. The van der Waals surface area contributed by atoms with Crippen LogP contribution in [0.4, 0.5) is 0 Å². The zero-order valence-corrected chi connectivity index (χ0v) is 15.6. The topological polar surface area (TPSA) is 54.4 Å². The third-order valence-corrected chi connectivity index (χ3v) is 4.47. The zero-order valence-electron chi connectivity index (χ0n) is 15.6. The lowest BCUT2D eigenvalue weighted by molar-refractivity contribution is 0.0954. The van der Waals surface area contributed by atoms with E-state index < -0.39 is 0 Å². The first-order chi connectivity index (χ1) is 12.5. The lowest BCUT2D eigenvalue weighted by Gasteiger charge is -2.08. The van der Waals surface area contributed by atoms with Crippen LogP contribution in [-0.4, -0.2) is 17.1 Å². The van der Waals surface area contributed by atoms with Crippen LogP contribution in [0.15, 0.2) is 53.6 Å². The van der Waals surface area contributed by atoms with Crippen molar-refractivity contribution in [2.75, 3.05) is 0 Å². The van der Waals surface area contributed by atoms with Gasteiger partial charge in [-0.05, 0) is 42.5 Å². The van der Waals surface area contributed by atoms with Gasteiger partial charge in [-0.3, -0.25) is 9.78 Å². The van der Waals surface area contributed by atoms with Crippen molar-refractivity contribution < 1.29 is 4.79 Å². The average Bonchev–Trinajstić information content (AvgIpc) is 2.62. The lowest BCUT2D eigenvalue weighted by Crippen LogP contribution is -2.19. The van der Waals surface area contributed by atoms with Crippen molar-refractivity contribution in [1.82, 2.24) is 10.4 Å². The third-order valence-electron chi connectivity index (χ3n) is 4.47. The van der Waals surface area contributed by atoms with Gasteiger partial charge in [0.2, 0.25) is 0 Å². The van der Waals surface area contributed by atoms with E-state index in [1.54, 1.807) is 6.21 Å². The number of carbonyl (C=O) groups is 1. The molecule has 0 aliphatic carbocycles. The number of pyridine rings is 1. The summed E-state index contributed by atoms with van der Waals surface area (Å²) in [5.74, 6) is 0.237. The highest BCUT2D eigenvalue weighted by Gasteiger charge is 2.11. The second kappa shape index (κ2) is 7.48. The summed E-state index contributed by atoms with van der Waals surface area (Å²) in [4.78, 5) is 17.0. The van der Waals surface area contributed by atoms with Crippen LogP contribution in [-0.2, 0) is 0 Å². The molecule has 0 saturated carbocycles. The summed E-state index contributed by atoms with van der Waals surface area (Å²) in [6.07, 6.45) is 1.65. The normalized spacial score (nSPS) is 11.4. The number of amides is 1. The number of hydrogen-bond acceptors (Lipinski definition) is 3. The monoisotopic (exact) mass is 345 g/mol. The van der Waals surface area contributed by atoms with Gasteiger partial charge in [0.1, 0.15) is 0 Å². The second-order valence-electron chi connectivity index (χ2n) is 6.79. The van der Waals surface area contributed by atoms with Crippen molar-refractivity contribution >= 4 is 23.0 Å². The fourth-order valence-corrected chi connectivity index (χ4v) is 2.86. The van der Waals surface area contributed by atoms with E-state index in [0.29, 0.717) is 17.2 Å². The fraction of sp³-hybridized carbons (Fsp3) is 0.227. The molecule has 1 N–H and O–H groups in total. The molecule has 3 rings (SSSR count). The Kier molecular flexibility index (Phi) is 5.12. The minimum absolute atomic E-state index is 0.256. The van der Waals surface area contributed by atoms with Crippen molar-refractivity contribution in [3.63, 3.8) is 0 Å². The molecule has 0 radical (unpaired) electrons. The zero-order chi connectivity index (χ0) is 18.7. The summed E-state index contributed by atoms with van der Waals surface area (Å²) >= 11 is 0. The molecule has 1 heterocycles. The number of nitrogens with one attached hydrogen (secondary N) is 1. The Balaban J connectivity index is 1.75. The molecule has 0 fully saturated rings. The summed E-state index contributed by atoms with van der Waals surface area (Å²) in [5.41, 5.74) is 8.07. The third kappa shape index (κ3) is 3.80. The Hall–Kier alpha value is -3.01. The lowest BCUT2D eigenvalue weighted by atomic mass is 10.0. The smallest absolute Gasteiger partial charge is 0.267 e. The van der Waals surface area contributed by atoms with Crippen LogP contribution in [0, 0.1) is 13.8 Å². The molecule has 0 aliphatic heterocycles. The highest BCUT2D eigenvalue weighted by atomic mass is 16.2. The van der Waals surface area contributed by atoms with Gasteiger partial charge in [0.05, 0.1) is 23.0 Å². The van der Waals surface area contributed by atoms with E-state index in [9.17, 15) is 4.79 Å². The highest BCUT2D eigenvalue weighted by Crippen LogP contribution is 2.19. The maximum absolute atomic E-state index is 12.5. The largest absolute Gasteiger partial charge is 0.273 e. The molecule has 0 unspecified atom stereocenters. The van der Waals surface area contributed by atoms with E-state index in [0.717, 1.165) is 22.0 Å². The van der Waals surface area contributed by atoms with Crippen molar-refractivity contribution in [3.8, 4) is 0 Å². The van der Waals surface area contributed by atoms with E-state index in [-0.39, 0.29) is 5.91 Å². The second-order valence-corrected chi connectivity index (χ2v) is 6.79. The Morgan fingerprint density at radius 2 is 1.85 bits per heavy atom. The molecule has 0 spiro atoms. The number of benzene rings is 2. The predicted molar refractivity (Wildman–Crippen MR) is 107 cm³/mol. The minimum Gasteiger partial charge on any atom is -0.267 e. The molecular weight excluding hydrogens is 322 g/mol. The number of aryl methyl sites for hydroxylation is 2. The van der Waals surface area contributed by atoms with Gasteiger partial charge in [-0.1, -0.05) is 56.3 Å². The first-order valence-electron chi connectivity index (χ1n) is 8.76. The number of nitrogens with zero attached hydrogens (tertiary/aromatic N) is 2. The molecule has 0 saturated heterocycles. The van der Waals surface area contributed by atoms with Crippen LogP contribution in [0.5, 0.6) is 0 Å². The van der Waals surface area contributed by atoms with Gasteiger partial charge in [-0.15, -0.1) is 0 Å². The summed E-state index contributed by atoms with van der Waals surface area (Å²) in [6, 6.07) is 16.0. The molecule has 26 heavy (non-hydrogen) atoms. The molecule has 1 amide bonds. The van der Waals surface area contributed by atoms with E-state index in [1.807, 2.05) is 50.2 Å². The van der Waals surface area contributed by atoms with E-state index in [2.05, 4.69) is 41.5 Å². The number of hydrogen-bond donors (Lipinski definition) is 1. The summed E-state index contributed by atoms with van der Waals surface area (Å²) in [7, 11) is 0. The molecule has 0 atom stereocenters. The van der Waals surface area contributed by atoms with Gasteiger partial charge in [-0.25, -0.2) is 5.43 Å². The molecule has 4 heteroatoms. The van der Waals surface area contributed by atoms with Crippen LogP contribution in [0.2, 0.25) is 0 Å². The number of carbonyl (C=O) groups excluding carboxylic acids is 1. The SMILES string of the molecule is Cc1nc2c(C)cccc2cc1C(=O)N/N=C\c1ccc(C(C)C)cc1. The van der Waals surface area contributed by atoms with E-state index >= 15 is 0 Å². The van der Waals surface area contributed by atoms with Crippen molar-refractivity contribution in [3.05, 3.63) is 76.5 Å². The van der Waals surface area contributed by atoms with Crippen LogP contribution in [0.25, 0.3) is 10.9 Å². The van der Waals surface area contributed by atoms with E-state index in [4.69, 9.17) is 0 Å². The van der Waals surface area contributed by atoms with Gasteiger partial charge in [-0.2, -0.15) is 5.10 Å². The van der Waals surface area contributed by atoms with Gasteiger partial charge < -0.3 is 0 Å². The minimum atomic E-state index is -0.256. The Labute approximate surface area is 154 Å². The first kappa shape index (κ1) is 17.8. The van der Waals surface area contributed by atoms with Gasteiger partial charge in [0, 0.05) is 5.39 Å². The number of hydrazone groups is 1. The van der Waals surface area contributed by atoms with Crippen molar-refractivity contribution in [2.24, 2.45) is 5.10 Å². The predicted octanol–water partition coefficient (Wildman–Crippen LogP) is 4.74. The number of rotatable bonds is 4. The highest BCUT2D eigenvalue weighted by molar-refractivity contribution is 5.99. The number of fused-ring (bicyclic) bond motifs is 1. The van der Waals surface area contributed by atoms with Crippen LogP contribution in [0.3, 0.4) is 0 Å². The number of aromatic nitrogens is 1. The van der Waals surface area contributed by atoms with Crippen molar-refractivity contribution in [2.45, 2.75) is 33.6 Å². The average molecular weight is 345 g/mol. The van der Waals surface area contributed by atoms with Crippen LogP contribution >= 0.6 is 0 Å². The van der Waals surface area contributed by atoms with Crippen LogP contribution < -0.4 is 5.43 Å². The molecule has 2 aromatic carbocycles. The van der Waals surface area contributed by atoms with Crippen molar-refractivity contribution in [1.29, 1.82) is 0 Å². The first-order valence-corrected chi connectivity index (χ1v) is 8.76. The molecule has 3 aromatic rings. The molecule has 0 aliphatic rings. The quantitative estimate of drug-likeness (QED) is 0.548. The van der Waals surface area contributed by atoms with Gasteiger partial charge in [0.25, 0.3) is 5.91 Å². The van der Waals surface area contributed by atoms with Crippen LogP contribution in [0.1, 0.15) is 52.5 Å². The summed E-state index contributed by atoms with van der Waals surface area (Å²) in [6.45, 7) is 8.17. The van der Waals surface area contributed by atoms with E-state index in [1.165, 1.54) is 5.56 Å². The maximum atomic E-state index is 12.5. The fourth-order valence-electron chi connectivity index (χ4n) is 2.86. The Morgan fingerprint density at radius 1 is 1.12 bits per heavy atom. The molecule has 1 aromatic heterocycles. The molecule has 132 valence electrons. The summed E-state index contributed by atoms with van der Waals surface area (Å²) < 4.78 is 0. The summed E-state index contributed by atoms with van der Waals surface area (Å²) in [5, 5.41) is 5.03. The molecule has 0 bridgehead atoms. The molecular formula is C22H23N3O.